The van der Waals surface area contributed by atoms with Gasteiger partial charge in [0.05, 0.1) is 0 Å². The van der Waals surface area contributed by atoms with Crippen molar-refractivity contribution < 1.29 is 0 Å². The van der Waals surface area contributed by atoms with E-state index in [1.807, 2.05) is 0 Å². The summed E-state index contributed by atoms with van der Waals surface area (Å²) in [6, 6.07) is 11.8. The van der Waals surface area contributed by atoms with E-state index < -0.39 is 0 Å². The molecule has 1 N–H and O–H groups in total. The smallest absolute Gasteiger partial charge is 0.0475 e. The number of benzene rings is 1. The van der Waals surface area contributed by atoms with E-state index in [1.165, 1.54) is 37.9 Å². The zero-order valence-corrected chi connectivity index (χ0v) is 13.0. The standard InChI is InChI=1S/C17H30N2/c1-5-13-19(14-6-2)16(7-3)17(18-4)15-11-9-8-10-12-15/h8-12,16-18H,5-7,13-14H2,1-4H3. The number of hydrogen-bond donors (Lipinski definition) is 1. The average Bonchev–Trinajstić information content (AvgIpc) is 2.45. The molecule has 0 fully saturated rings. The van der Waals surface area contributed by atoms with E-state index in [4.69, 9.17) is 0 Å². The Morgan fingerprint density at radius 2 is 1.58 bits per heavy atom. The maximum absolute atomic E-state index is 3.52. The summed E-state index contributed by atoms with van der Waals surface area (Å²) < 4.78 is 0. The number of rotatable bonds is 9. The molecular formula is C17H30N2. The van der Waals surface area contributed by atoms with Gasteiger partial charge in [-0.3, -0.25) is 4.90 Å². The van der Waals surface area contributed by atoms with Crippen LogP contribution in [0.1, 0.15) is 51.6 Å². The predicted molar refractivity (Wildman–Crippen MR) is 84.5 cm³/mol. The molecule has 0 amide bonds. The Morgan fingerprint density at radius 1 is 1.00 bits per heavy atom. The third-order valence-electron chi connectivity index (χ3n) is 3.76. The fourth-order valence-electron chi connectivity index (χ4n) is 2.96. The van der Waals surface area contributed by atoms with E-state index >= 15 is 0 Å². The molecule has 0 aliphatic rings. The van der Waals surface area contributed by atoms with Crippen molar-refractivity contribution in [2.75, 3.05) is 20.1 Å². The summed E-state index contributed by atoms with van der Waals surface area (Å²) in [4.78, 5) is 2.65. The van der Waals surface area contributed by atoms with Gasteiger partial charge in [-0.25, -0.2) is 0 Å². The Balaban J connectivity index is 2.90. The lowest BCUT2D eigenvalue weighted by atomic mass is 9.95. The van der Waals surface area contributed by atoms with Crippen LogP contribution in [0.15, 0.2) is 30.3 Å². The average molecular weight is 262 g/mol. The van der Waals surface area contributed by atoms with E-state index in [0.29, 0.717) is 12.1 Å². The summed E-state index contributed by atoms with van der Waals surface area (Å²) in [5, 5.41) is 3.52. The Morgan fingerprint density at radius 3 is 2.00 bits per heavy atom. The summed E-state index contributed by atoms with van der Waals surface area (Å²) in [5.41, 5.74) is 1.40. The highest BCUT2D eigenvalue weighted by atomic mass is 15.2. The Kier molecular flexibility index (Phi) is 7.76. The van der Waals surface area contributed by atoms with Gasteiger partial charge in [0, 0.05) is 12.1 Å². The first-order chi connectivity index (χ1) is 9.28. The number of nitrogens with one attached hydrogen (secondary N) is 1. The van der Waals surface area contributed by atoms with Crippen molar-refractivity contribution in [1.82, 2.24) is 10.2 Å². The minimum atomic E-state index is 0.421. The van der Waals surface area contributed by atoms with Crippen LogP contribution in [-0.4, -0.2) is 31.1 Å². The Hall–Kier alpha value is -0.860. The van der Waals surface area contributed by atoms with Crippen LogP contribution >= 0.6 is 0 Å². The van der Waals surface area contributed by atoms with Gasteiger partial charge >= 0.3 is 0 Å². The van der Waals surface area contributed by atoms with Gasteiger partial charge in [-0.05, 0) is 45.0 Å². The minimum absolute atomic E-state index is 0.421. The van der Waals surface area contributed by atoms with Crippen LogP contribution in [0.5, 0.6) is 0 Å². The van der Waals surface area contributed by atoms with Gasteiger partial charge in [0.2, 0.25) is 0 Å². The highest BCUT2D eigenvalue weighted by molar-refractivity contribution is 5.20. The fourth-order valence-corrected chi connectivity index (χ4v) is 2.96. The van der Waals surface area contributed by atoms with Gasteiger partial charge in [-0.1, -0.05) is 51.1 Å². The molecular weight excluding hydrogens is 232 g/mol. The van der Waals surface area contributed by atoms with Crippen molar-refractivity contribution in [2.45, 2.75) is 52.1 Å². The molecule has 0 heterocycles. The summed E-state index contributed by atoms with van der Waals surface area (Å²) in [5.74, 6) is 0. The largest absolute Gasteiger partial charge is 0.312 e. The summed E-state index contributed by atoms with van der Waals surface area (Å²) in [7, 11) is 2.08. The second-order valence-electron chi connectivity index (χ2n) is 5.19. The summed E-state index contributed by atoms with van der Waals surface area (Å²) >= 11 is 0. The lowest BCUT2D eigenvalue weighted by Crippen LogP contribution is -2.44. The molecule has 2 heteroatoms. The second-order valence-corrected chi connectivity index (χ2v) is 5.19. The lowest BCUT2D eigenvalue weighted by Gasteiger charge is -2.36. The maximum atomic E-state index is 3.52. The minimum Gasteiger partial charge on any atom is -0.312 e. The molecule has 0 aromatic heterocycles. The zero-order valence-electron chi connectivity index (χ0n) is 13.0. The van der Waals surface area contributed by atoms with Crippen LogP contribution in [0.3, 0.4) is 0 Å². The maximum Gasteiger partial charge on any atom is 0.0475 e. The topological polar surface area (TPSA) is 15.3 Å². The highest BCUT2D eigenvalue weighted by Gasteiger charge is 2.25. The molecule has 108 valence electrons. The first kappa shape index (κ1) is 16.2. The Bertz CT molecular complexity index is 317. The third-order valence-corrected chi connectivity index (χ3v) is 3.76. The molecule has 2 nitrogen and oxygen atoms in total. The van der Waals surface area contributed by atoms with Gasteiger partial charge in [0.15, 0.2) is 0 Å². The summed E-state index contributed by atoms with van der Waals surface area (Å²) in [6.45, 7) is 9.23. The van der Waals surface area contributed by atoms with Crippen LogP contribution < -0.4 is 5.32 Å². The van der Waals surface area contributed by atoms with Crippen molar-refractivity contribution in [3.63, 3.8) is 0 Å². The number of likely N-dealkylation sites (N-methyl/N-ethyl adjacent to an activating group) is 1. The molecule has 1 rings (SSSR count). The first-order valence-corrected chi connectivity index (χ1v) is 7.74. The van der Waals surface area contributed by atoms with E-state index in [1.54, 1.807) is 0 Å². The molecule has 1 aromatic rings. The van der Waals surface area contributed by atoms with Crippen molar-refractivity contribution in [2.24, 2.45) is 0 Å². The predicted octanol–water partition coefficient (Wildman–Crippen LogP) is 3.85. The molecule has 1 aromatic carbocycles. The zero-order chi connectivity index (χ0) is 14.1. The summed E-state index contributed by atoms with van der Waals surface area (Å²) in [6.07, 6.45) is 3.63. The quantitative estimate of drug-likeness (QED) is 0.727. The van der Waals surface area contributed by atoms with E-state index in [9.17, 15) is 0 Å². The number of nitrogens with zero attached hydrogens (tertiary/aromatic N) is 1. The van der Waals surface area contributed by atoms with E-state index in [0.717, 1.165) is 0 Å². The lowest BCUT2D eigenvalue weighted by molar-refractivity contribution is 0.154. The van der Waals surface area contributed by atoms with Crippen molar-refractivity contribution >= 4 is 0 Å². The third kappa shape index (κ3) is 4.63. The van der Waals surface area contributed by atoms with Crippen LogP contribution in [-0.2, 0) is 0 Å². The molecule has 0 bridgehead atoms. The molecule has 2 unspecified atom stereocenters. The van der Waals surface area contributed by atoms with E-state index in [2.05, 4.69) is 68.4 Å². The molecule has 0 aliphatic heterocycles. The van der Waals surface area contributed by atoms with Crippen molar-refractivity contribution in [1.29, 1.82) is 0 Å². The highest BCUT2D eigenvalue weighted by Crippen LogP contribution is 2.23. The second kappa shape index (κ2) is 9.11. The fraction of sp³-hybridized carbons (Fsp3) is 0.647. The molecule has 2 atom stereocenters. The van der Waals surface area contributed by atoms with E-state index in [-0.39, 0.29) is 0 Å². The van der Waals surface area contributed by atoms with Crippen LogP contribution in [0, 0.1) is 0 Å². The van der Waals surface area contributed by atoms with Crippen molar-refractivity contribution in [3.8, 4) is 0 Å². The van der Waals surface area contributed by atoms with Crippen molar-refractivity contribution in [3.05, 3.63) is 35.9 Å². The van der Waals surface area contributed by atoms with Gasteiger partial charge in [0.25, 0.3) is 0 Å². The van der Waals surface area contributed by atoms with Crippen LogP contribution in [0.25, 0.3) is 0 Å². The monoisotopic (exact) mass is 262 g/mol. The molecule has 0 aliphatic carbocycles. The molecule has 0 radical (unpaired) electrons. The molecule has 19 heavy (non-hydrogen) atoms. The van der Waals surface area contributed by atoms with Gasteiger partial charge in [-0.2, -0.15) is 0 Å². The first-order valence-electron chi connectivity index (χ1n) is 7.74. The normalized spacial score (nSPS) is 14.6. The van der Waals surface area contributed by atoms with Gasteiger partial charge < -0.3 is 5.32 Å². The molecule has 0 spiro atoms. The number of hydrogen-bond acceptors (Lipinski definition) is 2. The van der Waals surface area contributed by atoms with Crippen LogP contribution in [0.2, 0.25) is 0 Å². The van der Waals surface area contributed by atoms with Crippen LogP contribution in [0.4, 0.5) is 0 Å². The van der Waals surface area contributed by atoms with Gasteiger partial charge in [0.1, 0.15) is 0 Å². The molecule has 0 saturated heterocycles. The SMILES string of the molecule is CCCN(CCC)C(CC)C(NC)c1ccccc1. The molecule has 0 saturated carbocycles. The van der Waals surface area contributed by atoms with Gasteiger partial charge in [-0.15, -0.1) is 0 Å². The Labute approximate surface area is 119 Å².